The fourth-order valence-corrected chi connectivity index (χ4v) is 4.53. The van der Waals surface area contributed by atoms with Gasteiger partial charge in [-0.2, -0.15) is 0 Å². The Labute approximate surface area is 157 Å². The van der Waals surface area contributed by atoms with Crippen molar-refractivity contribution in [1.29, 1.82) is 0 Å². The Bertz CT molecular complexity index is 1220. The highest BCUT2D eigenvalue weighted by Gasteiger charge is 2.27. The Kier molecular flexibility index (Phi) is 3.74. The summed E-state index contributed by atoms with van der Waals surface area (Å²) in [5.74, 6) is -0.285. The number of para-hydroxylation sites is 1. The summed E-state index contributed by atoms with van der Waals surface area (Å²) in [6, 6.07) is 10.2. The molecule has 0 atom stereocenters. The van der Waals surface area contributed by atoms with Crippen molar-refractivity contribution in [2.45, 2.75) is 52.1 Å². The van der Waals surface area contributed by atoms with E-state index in [0.717, 1.165) is 69.2 Å². The molecule has 2 aromatic rings. The van der Waals surface area contributed by atoms with Gasteiger partial charge >= 0.3 is 5.97 Å². The Hall–Kier alpha value is -2.75. The number of fused-ring (bicyclic) bond motifs is 3. The fraction of sp³-hybridized carbons (Fsp3) is 0.348. The Morgan fingerprint density at radius 2 is 1.81 bits per heavy atom. The summed E-state index contributed by atoms with van der Waals surface area (Å²) >= 11 is 0. The first-order valence-corrected chi connectivity index (χ1v) is 9.76. The van der Waals surface area contributed by atoms with Crippen LogP contribution in [0.15, 0.2) is 40.3 Å². The van der Waals surface area contributed by atoms with Crippen LogP contribution in [-0.2, 0) is 9.53 Å². The average molecular weight is 358 g/mol. The van der Waals surface area contributed by atoms with E-state index in [4.69, 9.17) is 9.73 Å². The molecule has 2 aliphatic heterocycles. The molecule has 4 heteroatoms. The quantitative estimate of drug-likeness (QED) is 0.656. The Morgan fingerprint density at radius 3 is 2.63 bits per heavy atom. The minimum absolute atomic E-state index is 0.0402. The van der Waals surface area contributed by atoms with E-state index in [1.54, 1.807) is 0 Å². The maximum Gasteiger partial charge on any atom is 0.357 e. The van der Waals surface area contributed by atoms with Crippen molar-refractivity contribution >= 4 is 28.6 Å². The highest BCUT2D eigenvalue weighted by molar-refractivity contribution is 6.53. The van der Waals surface area contributed by atoms with Crippen LogP contribution < -0.4 is 10.6 Å². The minimum atomic E-state index is -0.285. The van der Waals surface area contributed by atoms with Crippen LogP contribution in [0.25, 0.3) is 5.57 Å². The van der Waals surface area contributed by atoms with Crippen LogP contribution in [-0.4, -0.2) is 17.8 Å². The van der Waals surface area contributed by atoms with Gasteiger partial charge in [-0.15, -0.1) is 0 Å². The summed E-state index contributed by atoms with van der Waals surface area (Å²) in [6.45, 7) is 4.04. The second-order valence-electron chi connectivity index (χ2n) is 7.67. The number of benzene rings is 2. The van der Waals surface area contributed by atoms with Gasteiger partial charge in [-0.25, -0.2) is 14.8 Å². The lowest BCUT2D eigenvalue weighted by Gasteiger charge is -2.21. The first-order valence-electron chi connectivity index (χ1n) is 9.76. The first-order chi connectivity index (χ1) is 13.1. The zero-order chi connectivity index (χ0) is 18.5. The molecule has 0 unspecified atom stereocenters. The fourth-order valence-electron chi connectivity index (χ4n) is 4.53. The molecule has 0 radical (unpaired) electrons. The number of esters is 1. The molecule has 2 aromatic carbocycles. The van der Waals surface area contributed by atoms with Gasteiger partial charge in [0.1, 0.15) is 6.10 Å². The van der Waals surface area contributed by atoms with E-state index < -0.39 is 0 Å². The van der Waals surface area contributed by atoms with Crippen LogP contribution in [0, 0.1) is 17.4 Å². The van der Waals surface area contributed by atoms with Crippen molar-refractivity contribution in [3.05, 3.63) is 56.9 Å². The molecule has 136 valence electrons. The number of rotatable bonds is 2. The predicted molar refractivity (Wildman–Crippen MR) is 105 cm³/mol. The summed E-state index contributed by atoms with van der Waals surface area (Å²) in [6.07, 6.45) is 5.49. The summed E-state index contributed by atoms with van der Waals surface area (Å²) in [5, 5.41) is 4.25. The molecule has 0 saturated heterocycles. The van der Waals surface area contributed by atoms with E-state index in [1.807, 2.05) is 25.1 Å². The molecule has 0 spiro atoms. The van der Waals surface area contributed by atoms with Gasteiger partial charge in [0.15, 0.2) is 5.71 Å². The summed E-state index contributed by atoms with van der Waals surface area (Å²) in [7, 11) is 0. The summed E-state index contributed by atoms with van der Waals surface area (Å²) < 4.78 is 5.76. The average Bonchev–Trinajstić information content (AvgIpc) is 3.22. The van der Waals surface area contributed by atoms with Gasteiger partial charge in [-0.05, 0) is 62.8 Å². The SMILES string of the molecule is CC1=c2c(cc3c(c2C)N=c2ccccc2=3)N=C1C(=O)OC1CCCCC1. The van der Waals surface area contributed by atoms with Gasteiger partial charge in [0.25, 0.3) is 0 Å². The molecule has 0 aromatic heterocycles. The number of carbonyl (C=O) groups excluding carboxylic acids is 1. The van der Waals surface area contributed by atoms with Crippen LogP contribution in [0.2, 0.25) is 0 Å². The number of hydrogen-bond donors (Lipinski definition) is 0. The van der Waals surface area contributed by atoms with Crippen LogP contribution in [0.5, 0.6) is 0 Å². The van der Waals surface area contributed by atoms with Gasteiger partial charge in [-0.3, -0.25) is 0 Å². The Morgan fingerprint density at radius 1 is 1.04 bits per heavy atom. The molecule has 27 heavy (non-hydrogen) atoms. The van der Waals surface area contributed by atoms with Crippen molar-refractivity contribution in [2.24, 2.45) is 9.98 Å². The molecule has 2 heterocycles. The van der Waals surface area contributed by atoms with E-state index >= 15 is 0 Å². The number of hydrogen-bond acceptors (Lipinski definition) is 4. The van der Waals surface area contributed by atoms with Crippen molar-refractivity contribution in [2.75, 3.05) is 0 Å². The second-order valence-corrected chi connectivity index (χ2v) is 7.67. The normalized spacial score (nSPS) is 17.7. The number of nitrogens with zero attached hydrogens (tertiary/aromatic N) is 2. The molecule has 3 aliphatic rings. The zero-order valence-electron chi connectivity index (χ0n) is 15.7. The molecule has 1 aliphatic carbocycles. The monoisotopic (exact) mass is 358 g/mol. The van der Waals surface area contributed by atoms with Crippen molar-refractivity contribution in [3.63, 3.8) is 0 Å². The van der Waals surface area contributed by atoms with E-state index in [9.17, 15) is 4.79 Å². The second kappa shape index (κ2) is 6.15. The maximum atomic E-state index is 12.8. The van der Waals surface area contributed by atoms with E-state index in [2.05, 4.69) is 24.0 Å². The van der Waals surface area contributed by atoms with E-state index in [0.29, 0.717) is 5.71 Å². The molecule has 1 saturated carbocycles. The third-order valence-electron chi connectivity index (χ3n) is 5.93. The lowest BCUT2D eigenvalue weighted by Crippen LogP contribution is -2.26. The third kappa shape index (κ3) is 2.54. The first kappa shape index (κ1) is 16.4. The topological polar surface area (TPSA) is 51.0 Å². The molecule has 0 N–H and O–H groups in total. The van der Waals surface area contributed by atoms with Gasteiger partial charge in [0.2, 0.25) is 0 Å². The maximum absolute atomic E-state index is 12.8. The molecule has 5 rings (SSSR count). The van der Waals surface area contributed by atoms with Crippen molar-refractivity contribution < 1.29 is 9.53 Å². The van der Waals surface area contributed by atoms with E-state index in [1.165, 1.54) is 6.42 Å². The minimum Gasteiger partial charge on any atom is -0.458 e. The van der Waals surface area contributed by atoms with Crippen LogP contribution in [0.4, 0.5) is 11.4 Å². The smallest absolute Gasteiger partial charge is 0.357 e. The predicted octanol–water partition coefficient (Wildman–Crippen LogP) is 3.68. The highest BCUT2D eigenvalue weighted by Crippen LogP contribution is 2.29. The van der Waals surface area contributed by atoms with Crippen LogP contribution in [0.1, 0.15) is 44.6 Å². The summed E-state index contributed by atoms with van der Waals surface area (Å²) in [4.78, 5) is 22.2. The van der Waals surface area contributed by atoms with Crippen molar-refractivity contribution in [1.82, 2.24) is 0 Å². The summed E-state index contributed by atoms with van der Waals surface area (Å²) in [5.41, 5.74) is 4.28. The number of carbonyl (C=O) groups is 1. The third-order valence-corrected chi connectivity index (χ3v) is 5.93. The standard InChI is InChI=1S/C23H22N2O2/c1-13-20-14(2)22(23(26)27-15-8-4-3-5-9-15)25-19(20)12-17-16-10-6-7-11-18(16)24-21(13)17/h6-7,10-12,15H,3-5,8-9H2,1-2H3. The van der Waals surface area contributed by atoms with Crippen molar-refractivity contribution in [3.8, 4) is 0 Å². The molecule has 0 amide bonds. The molecule has 4 nitrogen and oxygen atoms in total. The van der Waals surface area contributed by atoms with Crippen LogP contribution >= 0.6 is 0 Å². The van der Waals surface area contributed by atoms with E-state index in [-0.39, 0.29) is 12.1 Å². The molecule has 1 fully saturated rings. The van der Waals surface area contributed by atoms with Crippen LogP contribution in [0.3, 0.4) is 0 Å². The lowest BCUT2D eigenvalue weighted by atomic mass is 9.97. The molecular weight excluding hydrogens is 336 g/mol. The van der Waals surface area contributed by atoms with Gasteiger partial charge in [0, 0.05) is 15.7 Å². The van der Waals surface area contributed by atoms with Gasteiger partial charge < -0.3 is 4.74 Å². The largest absolute Gasteiger partial charge is 0.458 e. The molecular formula is C23H22N2O2. The number of ether oxygens (including phenoxy) is 1. The Balaban J connectivity index is 1.60. The molecule has 0 bridgehead atoms. The van der Waals surface area contributed by atoms with Gasteiger partial charge in [-0.1, -0.05) is 24.6 Å². The zero-order valence-corrected chi connectivity index (χ0v) is 15.7. The lowest BCUT2D eigenvalue weighted by molar-refractivity contribution is -0.141. The number of aliphatic imine (C=N–C) groups is 1. The van der Waals surface area contributed by atoms with Gasteiger partial charge in [0.05, 0.1) is 16.7 Å². The highest BCUT2D eigenvalue weighted by atomic mass is 16.5.